The normalized spacial score (nSPS) is 23.2. The molecule has 2 aromatic carbocycles. The Bertz CT molecular complexity index is 975. The van der Waals surface area contributed by atoms with Gasteiger partial charge in [0.25, 0.3) is 0 Å². The van der Waals surface area contributed by atoms with E-state index in [0.29, 0.717) is 10.8 Å². The van der Waals surface area contributed by atoms with Crippen LogP contribution in [0, 0.1) is 12.8 Å². The van der Waals surface area contributed by atoms with E-state index in [-0.39, 0.29) is 11.6 Å². The Morgan fingerprint density at radius 1 is 1.10 bits per heavy atom. The third-order valence-electron chi connectivity index (χ3n) is 5.70. The topological polar surface area (TPSA) is 53.8 Å². The second-order valence-corrected chi connectivity index (χ2v) is 9.65. The van der Waals surface area contributed by atoms with Crippen LogP contribution in [0.3, 0.4) is 0 Å². The number of carbonyl (C=O) groups is 1. The maximum absolute atomic E-state index is 12.5. The van der Waals surface area contributed by atoms with Gasteiger partial charge >= 0.3 is 0 Å². The summed E-state index contributed by atoms with van der Waals surface area (Å²) < 4.78 is 0. The van der Waals surface area contributed by atoms with Gasteiger partial charge in [0, 0.05) is 16.3 Å². The maximum Gasteiger partial charge on any atom is 0.234 e. The van der Waals surface area contributed by atoms with Crippen LogP contribution in [0.1, 0.15) is 43.7 Å². The largest absolute Gasteiger partial charge is 0.325 e. The Morgan fingerprint density at radius 2 is 1.77 bits per heavy atom. The molecule has 30 heavy (non-hydrogen) atoms. The number of rotatable bonds is 4. The highest BCUT2D eigenvalue weighted by Gasteiger charge is 2.39. The van der Waals surface area contributed by atoms with Crippen molar-refractivity contribution in [2.75, 3.05) is 11.1 Å². The molecule has 1 heterocycles. The number of hydrogen-bond donors (Lipinski definition) is 1. The molecular weight excluding hydrogens is 414 g/mol. The zero-order valence-corrected chi connectivity index (χ0v) is 18.9. The van der Waals surface area contributed by atoms with Gasteiger partial charge in [-0.05, 0) is 62.8 Å². The van der Waals surface area contributed by atoms with E-state index in [1.165, 1.54) is 17.3 Å². The lowest BCUT2D eigenvalue weighted by Crippen LogP contribution is -2.28. The predicted octanol–water partition coefficient (Wildman–Crippen LogP) is 6.13. The van der Waals surface area contributed by atoms with Crippen LogP contribution >= 0.6 is 23.4 Å². The number of benzene rings is 2. The average Bonchev–Trinajstić information content (AvgIpc) is 3.09. The molecule has 1 spiro atoms. The second-order valence-electron chi connectivity index (χ2n) is 8.25. The molecule has 0 bridgehead atoms. The fourth-order valence-electron chi connectivity index (χ4n) is 3.84. The maximum atomic E-state index is 12.5. The van der Waals surface area contributed by atoms with Gasteiger partial charge in [-0.25, -0.2) is 4.99 Å². The first kappa shape index (κ1) is 21.1. The number of anilines is 1. The predicted molar refractivity (Wildman–Crippen MR) is 128 cm³/mol. The van der Waals surface area contributed by atoms with Crippen LogP contribution < -0.4 is 5.32 Å². The molecule has 0 radical (unpaired) electrons. The molecule has 0 unspecified atom stereocenters. The van der Waals surface area contributed by atoms with E-state index in [2.05, 4.69) is 43.4 Å². The molecule has 6 heteroatoms. The number of thioether (sulfide) groups is 1. The molecule has 1 fully saturated rings. The number of nitrogens with one attached hydrogen (secondary N) is 1. The van der Waals surface area contributed by atoms with Gasteiger partial charge < -0.3 is 5.32 Å². The lowest BCUT2D eigenvalue weighted by atomic mass is 9.83. The number of halogens is 1. The van der Waals surface area contributed by atoms with Gasteiger partial charge in [0.2, 0.25) is 5.91 Å². The van der Waals surface area contributed by atoms with Crippen LogP contribution in [-0.4, -0.2) is 28.1 Å². The number of aryl methyl sites for hydroxylation is 1. The van der Waals surface area contributed by atoms with Crippen LogP contribution in [-0.2, 0) is 4.79 Å². The molecule has 0 saturated heterocycles. The minimum Gasteiger partial charge on any atom is -0.325 e. The Hall–Kier alpha value is -2.11. The first-order chi connectivity index (χ1) is 14.4. The molecule has 2 aromatic rings. The van der Waals surface area contributed by atoms with E-state index in [4.69, 9.17) is 21.6 Å². The van der Waals surface area contributed by atoms with Crippen molar-refractivity contribution in [3.63, 3.8) is 0 Å². The minimum absolute atomic E-state index is 0.0634. The molecule has 1 amide bonds. The van der Waals surface area contributed by atoms with Gasteiger partial charge in [-0.1, -0.05) is 60.1 Å². The first-order valence-corrected chi connectivity index (χ1v) is 11.7. The van der Waals surface area contributed by atoms with Crippen molar-refractivity contribution >= 4 is 45.7 Å². The van der Waals surface area contributed by atoms with Gasteiger partial charge in [-0.3, -0.25) is 9.79 Å². The van der Waals surface area contributed by atoms with E-state index in [9.17, 15) is 4.79 Å². The molecule has 156 valence electrons. The molecule has 1 N–H and O–H groups in total. The second kappa shape index (κ2) is 8.94. The van der Waals surface area contributed by atoms with Crippen molar-refractivity contribution < 1.29 is 4.79 Å². The highest BCUT2D eigenvalue weighted by atomic mass is 35.5. The van der Waals surface area contributed by atoms with Crippen molar-refractivity contribution in [2.45, 2.75) is 45.2 Å². The van der Waals surface area contributed by atoms with Crippen molar-refractivity contribution in [1.82, 2.24) is 0 Å². The summed E-state index contributed by atoms with van der Waals surface area (Å²) in [4.78, 5) is 22.7. The van der Waals surface area contributed by atoms with E-state index >= 15 is 0 Å². The SMILES string of the molecule is Cc1ccc(C2=NC3(CCC(C)CC3)N=C2SCC(=O)Nc2ccc(Cl)cc2)cc1. The third-order valence-corrected chi connectivity index (χ3v) is 6.92. The summed E-state index contributed by atoms with van der Waals surface area (Å²) >= 11 is 7.38. The summed E-state index contributed by atoms with van der Waals surface area (Å²) in [5, 5.41) is 4.44. The standard InChI is InChI=1S/C24H26ClN3OS/c1-16-3-5-18(6-4-16)22-23(28-24(27-22)13-11-17(2)12-14-24)30-15-21(29)26-20-9-7-19(25)8-10-20/h3-10,17H,11-15H2,1-2H3,(H,26,29). The Balaban J connectivity index is 1.50. The molecule has 4 rings (SSSR count). The summed E-state index contributed by atoms with van der Waals surface area (Å²) in [5.74, 6) is 0.955. The Labute approximate surface area is 187 Å². The van der Waals surface area contributed by atoms with E-state index < -0.39 is 0 Å². The highest BCUT2D eigenvalue weighted by Crippen LogP contribution is 2.40. The van der Waals surface area contributed by atoms with Crippen LogP contribution in [0.5, 0.6) is 0 Å². The molecule has 2 aliphatic rings. The van der Waals surface area contributed by atoms with Crippen LogP contribution in [0.25, 0.3) is 0 Å². The van der Waals surface area contributed by atoms with E-state index in [1.54, 1.807) is 24.3 Å². The number of hydrogen-bond acceptors (Lipinski definition) is 4. The van der Waals surface area contributed by atoms with Crippen molar-refractivity contribution in [3.8, 4) is 0 Å². The smallest absolute Gasteiger partial charge is 0.234 e. The molecule has 1 saturated carbocycles. The number of amides is 1. The fourth-order valence-corrected chi connectivity index (χ4v) is 4.84. The number of aliphatic imine (C=N–C) groups is 2. The van der Waals surface area contributed by atoms with Crippen LogP contribution in [0.2, 0.25) is 5.02 Å². The van der Waals surface area contributed by atoms with Crippen LogP contribution in [0.4, 0.5) is 5.69 Å². The minimum atomic E-state index is -0.346. The third kappa shape index (κ3) is 4.96. The number of carbonyl (C=O) groups excluding carboxylic acids is 1. The van der Waals surface area contributed by atoms with Gasteiger partial charge in [-0.15, -0.1) is 0 Å². The zero-order chi connectivity index (χ0) is 21.1. The van der Waals surface area contributed by atoms with Gasteiger partial charge in [0.15, 0.2) is 5.66 Å². The van der Waals surface area contributed by atoms with Gasteiger partial charge in [0.1, 0.15) is 5.04 Å². The van der Waals surface area contributed by atoms with E-state index in [1.807, 2.05) is 0 Å². The average molecular weight is 440 g/mol. The summed E-state index contributed by atoms with van der Waals surface area (Å²) in [6.45, 7) is 4.38. The Morgan fingerprint density at radius 3 is 2.43 bits per heavy atom. The molecule has 1 aliphatic heterocycles. The van der Waals surface area contributed by atoms with Crippen molar-refractivity contribution in [2.24, 2.45) is 15.9 Å². The van der Waals surface area contributed by atoms with Gasteiger partial charge in [-0.2, -0.15) is 0 Å². The molecule has 0 atom stereocenters. The summed E-state index contributed by atoms with van der Waals surface area (Å²) in [5.41, 5.74) is 3.60. The van der Waals surface area contributed by atoms with Crippen LogP contribution in [0.15, 0.2) is 58.5 Å². The highest BCUT2D eigenvalue weighted by molar-refractivity contribution is 8.16. The monoisotopic (exact) mass is 439 g/mol. The lowest BCUT2D eigenvalue weighted by Gasteiger charge is -2.30. The summed E-state index contributed by atoms with van der Waals surface area (Å²) in [6.07, 6.45) is 4.24. The number of nitrogens with zero attached hydrogens (tertiary/aromatic N) is 2. The van der Waals surface area contributed by atoms with Crippen molar-refractivity contribution in [1.29, 1.82) is 0 Å². The van der Waals surface area contributed by atoms with Crippen molar-refractivity contribution in [3.05, 3.63) is 64.7 Å². The Kier molecular flexibility index (Phi) is 6.30. The molecule has 0 aromatic heterocycles. The fraction of sp³-hybridized carbons (Fsp3) is 0.375. The molecular formula is C24H26ClN3OS. The first-order valence-electron chi connectivity index (χ1n) is 10.4. The van der Waals surface area contributed by atoms with E-state index in [0.717, 1.165) is 53.6 Å². The lowest BCUT2D eigenvalue weighted by molar-refractivity contribution is -0.113. The quantitative estimate of drug-likeness (QED) is 0.623. The molecule has 1 aliphatic carbocycles. The summed E-state index contributed by atoms with van der Waals surface area (Å²) in [6, 6.07) is 15.5. The summed E-state index contributed by atoms with van der Waals surface area (Å²) in [7, 11) is 0. The van der Waals surface area contributed by atoms with Gasteiger partial charge in [0.05, 0.1) is 11.5 Å². The zero-order valence-electron chi connectivity index (χ0n) is 17.3. The molecule has 4 nitrogen and oxygen atoms in total.